The van der Waals surface area contributed by atoms with Crippen LogP contribution in [0.1, 0.15) is 61.6 Å². The first-order chi connectivity index (χ1) is 11.1. The predicted octanol–water partition coefficient (Wildman–Crippen LogP) is 3.36. The van der Waals surface area contributed by atoms with Crippen molar-refractivity contribution >= 4 is 18.3 Å². The number of amides is 1. The Labute approximate surface area is 150 Å². The average Bonchev–Trinajstić information content (AvgIpc) is 3.07. The van der Waals surface area contributed by atoms with Gasteiger partial charge >= 0.3 is 0 Å². The molecule has 2 saturated carbocycles. The van der Waals surface area contributed by atoms with E-state index in [9.17, 15) is 4.79 Å². The van der Waals surface area contributed by atoms with Crippen LogP contribution in [0.25, 0.3) is 0 Å². The fraction of sp³-hybridized carbons (Fsp3) is 0.722. The molecule has 1 aromatic heterocycles. The van der Waals surface area contributed by atoms with Crippen molar-refractivity contribution in [2.24, 2.45) is 11.1 Å². The molecule has 0 radical (unpaired) electrons. The number of hydrogen-bond acceptors (Lipinski definition) is 4. The maximum Gasteiger partial charge on any atom is 0.257 e. The smallest absolute Gasteiger partial charge is 0.257 e. The third-order valence-electron chi connectivity index (χ3n) is 5.78. The highest BCUT2D eigenvalue weighted by molar-refractivity contribution is 5.94. The van der Waals surface area contributed by atoms with E-state index in [-0.39, 0.29) is 29.8 Å². The molecule has 2 fully saturated rings. The zero-order valence-electron chi connectivity index (χ0n) is 14.6. The van der Waals surface area contributed by atoms with Crippen molar-refractivity contribution in [3.8, 4) is 0 Å². The molecule has 136 valence electrons. The molecule has 1 spiro atoms. The van der Waals surface area contributed by atoms with Gasteiger partial charge in [-0.3, -0.25) is 4.79 Å². The van der Waals surface area contributed by atoms with Crippen LogP contribution in [0.3, 0.4) is 0 Å². The molecule has 2 N–H and O–H groups in total. The molecule has 1 heterocycles. The van der Waals surface area contributed by atoms with Crippen molar-refractivity contribution in [3.63, 3.8) is 0 Å². The molecule has 2 unspecified atom stereocenters. The molecule has 3 rings (SSSR count). The Morgan fingerprint density at radius 1 is 1.42 bits per heavy atom. The maximum atomic E-state index is 12.8. The summed E-state index contributed by atoms with van der Waals surface area (Å²) in [7, 11) is 1.92. The zero-order valence-corrected chi connectivity index (χ0v) is 15.4. The summed E-state index contributed by atoms with van der Waals surface area (Å²) in [5, 5.41) is 0. The summed E-state index contributed by atoms with van der Waals surface area (Å²) in [5.74, 6) is 0.674. The van der Waals surface area contributed by atoms with Crippen molar-refractivity contribution in [1.29, 1.82) is 0 Å². The molecule has 2 aliphatic carbocycles. The minimum Gasteiger partial charge on any atom is -0.467 e. The lowest BCUT2D eigenvalue weighted by atomic mass is 9.54. The van der Waals surface area contributed by atoms with Gasteiger partial charge in [0.15, 0.2) is 0 Å². The van der Waals surface area contributed by atoms with Gasteiger partial charge in [0.1, 0.15) is 12.0 Å². The Morgan fingerprint density at radius 3 is 2.71 bits per heavy atom. The highest BCUT2D eigenvalue weighted by Crippen LogP contribution is 2.55. The van der Waals surface area contributed by atoms with Crippen LogP contribution in [0.15, 0.2) is 16.7 Å². The van der Waals surface area contributed by atoms with E-state index in [1.54, 1.807) is 6.07 Å². The van der Waals surface area contributed by atoms with Crippen LogP contribution >= 0.6 is 12.4 Å². The molecule has 24 heavy (non-hydrogen) atoms. The van der Waals surface area contributed by atoms with E-state index in [1.165, 1.54) is 38.4 Å². The standard InChI is InChI=1S/C18H28N2O3.ClH/c1-3-22-16-10-15(18(16)7-5-4-6-8-18)20(2)17(21)13-9-14(11-19)23-12-13;/h9,12,15-16H,3-8,10-11,19H2,1-2H3;1H. The van der Waals surface area contributed by atoms with E-state index in [1.807, 2.05) is 11.9 Å². The second-order valence-corrected chi connectivity index (χ2v) is 6.91. The number of nitrogens with two attached hydrogens (primary N) is 1. The summed E-state index contributed by atoms with van der Waals surface area (Å²) < 4.78 is 11.3. The Morgan fingerprint density at radius 2 is 2.12 bits per heavy atom. The number of ether oxygens (including phenoxy) is 1. The number of rotatable bonds is 5. The second-order valence-electron chi connectivity index (χ2n) is 6.91. The molecule has 0 aromatic carbocycles. The number of halogens is 1. The van der Waals surface area contributed by atoms with Crippen LogP contribution < -0.4 is 5.73 Å². The predicted molar refractivity (Wildman–Crippen MR) is 95.3 cm³/mol. The normalized spacial score (nSPS) is 25.0. The lowest BCUT2D eigenvalue weighted by Crippen LogP contribution is -2.65. The molecule has 2 atom stereocenters. The van der Waals surface area contributed by atoms with E-state index in [2.05, 4.69) is 6.92 Å². The fourth-order valence-corrected chi connectivity index (χ4v) is 4.52. The Hall–Kier alpha value is -1.04. The maximum absolute atomic E-state index is 12.8. The quantitative estimate of drug-likeness (QED) is 0.878. The third kappa shape index (κ3) is 3.22. The van der Waals surface area contributed by atoms with Crippen LogP contribution in [-0.2, 0) is 11.3 Å². The summed E-state index contributed by atoms with van der Waals surface area (Å²) in [6.45, 7) is 3.12. The highest BCUT2D eigenvalue weighted by atomic mass is 35.5. The fourth-order valence-electron chi connectivity index (χ4n) is 4.52. The van der Waals surface area contributed by atoms with Crippen LogP contribution in [0.2, 0.25) is 0 Å². The molecule has 0 bridgehead atoms. The minimum absolute atomic E-state index is 0. The van der Waals surface area contributed by atoms with E-state index < -0.39 is 0 Å². The first-order valence-electron chi connectivity index (χ1n) is 8.78. The van der Waals surface area contributed by atoms with Gasteiger partial charge < -0.3 is 19.8 Å². The molecule has 6 heteroatoms. The average molecular weight is 357 g/mol. The number of furan rings is 1. The topological polar surface area (TPSA) is 68.7 Å². The van der Waals surface area contributed by atoms with Crippen LogP contribution in [0.5, 0.6) is 0 Å². The first kappa shape index (κ1) is 19.3. The zero-order chi connectivity index (χ0) is 16.4. The molecule has 5 nitrogen and oxygen atoms in total. The van der Waals surface area contributed by atoms with Crippen LogP contribution in [0, 0.1) is 5.41 Å². The lowest BCUT2D eigenvalue weighted by molar-refractivity contribution is -0.170. The van der Waals surface area contributed by atoms with Gasteiger partial charge in [0.25, 0.3) is 5.91 Å². The number of carbonyl (C=O) groups is 1. The molecular formula is C18H29ClN2O3. The summed E-state index contributed by atoms with van der Waals surface area (Å²) >= 11 is 0. The summed E-state index contributed by atoms with van der Waals surface area (Å²) in [5.41, 5.74) is 6.31. The van der Waals surface area contributed by atoms with Crippen molar-refractivity contribution in [2.75, 3.05) is 13.7 Å². The van der Waals surface area contributed by atoms with Gasteiger partial charge in [-0.2, -0.15) is 0 Å². The Bertz CT molecular complexity index is 554. The van der Waals surface area contributed by atoms with E-state index in [0.717, 1.165) is 13.0 Å². The third-order valence-corrected chi connectivity index (χ3v) is 5.78. The van der Waals surface area contributed by atoms with Gasteiger partial charge in [-0.05, 0) is 32.3 Å². The van der Waals surface area contributed by atoms with Crippen molar-refractivity contribution in [3.05, 3.63) is 23.7 Å². The molecule has 1 amide bonds. The molecule has 1 aromatic rings. The largest absolute Gasteiger partial charge is 0.467 e. The molecular weight excluding hydrogens is 328 g/mol. The SMILES string of the molecule is CCOC1CC(N(C)C(=O)c2coc(CN)c2)C12CCCCC2.Cl. The van der Waals surface area contributed by atoms with E-state index in [4.69, 9.17) is 14.9 Å². The van der Waals surface area contributed by atoms with Crippen molar-refractivity contribution in [1.82, 2.24) is 4.90 Å². The number of carbonyl (C=O) groups excluding carboxylic acids is 1. The van der Waals surface area contributed by atoms with Gasteiger partial charge in [-0.1, -0.05) is 19.3 Å². The van der Waals surface area contributed by atoms with Crippen LogP contribution in [-0.4, -0.2) is 36.6 Å². The number of hydrogen-bond donors (Lipinski definition) is 1. The van der Waals surface area contributed by atoms with Gasteiger partial charge in [0.2, 0.25) is 0 Å². The van der Waals surface area contributed by atoms with Crippen LogP contribution in [0.4, 0.5) is 0 Å². The Balaban J connectivity index is 0.00000208. The minimum atomic E-state index is 0. The second kappa shape index (κ2) is 7.89. The summed E-state index contributed by atoms with van der Waals surface area (Å²) in [4.78, 5) is 14.7. The Kier molecular flexibility index (Phi) is 6.34. The molecule has 0 saturated heterocycles. The van der Waals surface area contributed by atoms with Gasteiger partial charge in [-0.15, -0.1) is 12.4 Å². The molecule has 2 aliphatic rings. The summed E-state index contributed by atoms with van der Waals surface area (Å²) in [6, 6.07) is 2.02. The highest BCUT2D eigenvalue weighted by Gasteiger charge is 2.57. The van der Waals surface area contributed by atoms with Gasteiger partial charge in [-0.25, -0.2) is 0 Å². The van der Waals surface area contributed by atoms with Crippen molar-refractivity contribution in [2.45, 2.75) is 64.1 Å². The number of nitrogens with zero attached hydrogens (tertiary/aromatic N) is 1. The monoisotopic (exact) mass is 356 g/mol. The van der Waals surface area contributed by atoms with E-state index in [0.29, 0.717) is 24.0 Å². The van der Waals surface area contributed by atoms with Crippen molar-refractivity contribution < 1.29 is 13.9 Å². The van der Waals surface area contributed by atoms with E-state index >= 15 is 0 Å². The van der Waals surface area contributed by atoms with Gasteiger partial charge in [0, 0.05) is 25.1 Å². The molecule has 0 aliphatic heterocycles. The first-order valence-corrected chi connectivity index (χ1v) is 8.78. The summed E-state index contributed by atoms with van der Waals surface area (Å²) in [6.07, 6.45) is 8.88. The lowest BCUT2D eigenvalue weighted by Gasteiger charge is -2.60. The van der Waals surface area contributed by atoms with Gasteiger partial charge in [0.05, 0.1) is 18.2 Å².